The maximum atomic E-state index is 12.4. The molecule has 0 unspecified atom stereocenters. The molecule has 2 heterocycles. The molecule has 0 fully saturated rings. The van der Waals surface area contributed by atoms with Gasteiger partial charge >= 0.3 is 0 Å². The number of aryl methyl sites for hydroxylation is 3. The summed E-state index contributed by atoms with van der Waals surface area (Å²) in [7, 11) is 0. The van der Waals surface area contributed by atoms with Crippen molar-refractivity contribution in [1.29, 1.82) is 0 Å². The molecule has 0 aliphatic heterocycles. The topological polar surface area (TPSA) is 126 Å². The van der Waals surface area contributed by atoms with E-state index in [1.807, 2.05) is 50.2 Å². The molecule has 2 aliphatic rings. The minimum Gasteiger partial charge on any atom is -0.342 e. The van der Waals surface area contributed by atoms with Gasteiger partial charge in [-0.1, -0.05) is 32.0 Å². The van der Waals surface area contributed by atoms with E-state index in [0.29, 0.717) is 63.8 Å². The average molecular weight is 647 g/mol. The lowest BCUT2D eigenvalue weighted by Crippen LogP contribution is -2.21. The molecule has 0 bridgehead atoms. The molecular formula is C40H46N4O4. The van der Waals surface area contributed by atoms with Crippen LogP contribution in [0.25, 0.3) is 22.1 Å². The number of fused-ring (bicyclic) bond motifs is 2. The van der Waals surface area contributed by atoms with Crippen LogP contribution < -0.4 is 0 Å². The lowest BCUT2D eigenvalue weighted by Gasteiger charge is -2.18. The van der Waals surface area contributed by atoms with Gasteiger partial charge in [0.1, 0.15) is 11.6 Å². The summed E-state index contributed by atoms with van der Waals surface area (Å²) in [4.78, 5) is 64.8. The number of Topliss-reactive ketones (excluding diaryl/α,β-unsaturated/α-hetero) is 4. The number of para-hydroxylation sites is 2. The van der Waals surface area contributed by atoms with Crippen LogP contribution in [0.15, 0.2) is 87.0 Å². The summed E-state index contributed by atoms with van der Waals surface area (Å²) in [5.74, 6) is 1.76. The van der Waals surface area contributed by atoms with Crippen LogP contribution >= 0.6 is 0 Å². The van der Waals surface area contributed by atoms with Crippen molar-refractivity contribution in [3.8, 4) is 0 Å². The fraction of sp³-hybridized carbons (Fsp3) is 0.350. The molecule has 2 aromatic heterocycles. The summed E-state index contributed by atoms with van der Waals surface area (Å²) in [5, 5.41) is 0. The number of hydrogen-bond acceptors (Lipinski definition) is 6. The molecule has 8 heteroatoms. The van der Waals surface area contributed by atoms with Crippen molar-refractivity contribution in [3.05, 3.63) is 104 Å². The second kappa shape index (κ2) is 15.3. The monoisotopic (exact) mass is 646 g/mol. The third kappa shape index (κ3) is 7.43. The van der Waals surface area contributed by atoms with Crippen molar-refractivity contribution >= 4 is 45.2 Å². The van der Waals surface area contributed by atoms with Crippen LogP contribution in [0.1, 0.15) is 91.9 Å². The zero-order chi connectivity index (χ0) is 35.3. The number of hydrogen-bond donors (Lipinski definition) is 2. The predicted molar refractivity (Wildman–Crippen MR) is 192 cm³/mol. The van der Waals surface area contributed by atoms with E-state index in [1.54, 1.807) is 41.5 Å². The summed E-state index contributed by atoms with van der Waals surface area (Å²) in [6.45, 7) is 16.5. The van der Waals surface area contributed by atoms with E-state index in [9.17, 15) is 19.2 Å². The Morgan fingerprint density at radius 3 is 1.56 bits per heavy atom. The number of imidazole rings is 2. The Balaban J connectivity index is 0.000000207. The van der Waals surface area contributed by atoms with E-state index >= 15 is 0 Å². The number of carbonyl (C=O) groups excluding carboxylic acids is 4. The molecule has 250 valence electrons. The first-order valence-corrected chi connectivity index (χ1v) is 16.7. The summed E-state index contributed by atoms with van der Waals surface area (Å²) >= 11 is 0. The number of H-pyrrole nitrogens is 2. The molecule has 0 radical (unpaired) electrons. The van der Waals surface area contributed by atoms with Gasteiger partial charge in [0.25, 0.3) is 0 Å². The van der Waals surface area contributed by atoms with Gasteiger partial charge in [-0.25, -0.2) is 9.97 Å². The predicted octanol–water partition coefficient (Wildman–Crippen LogP) is 8.33. The minimum atomic E-state index is -0.0169. The highest BCUT2D eigenvalue weighted by Gasteiger charge is 2.28. The molecular weight excluding hydrogens is 600 g/mol. The highest BCUT2D eigenvalue weighted by Crippen LogP contribution is 2.28. The van der Waals surface area contributed by atoms with Gasteiger partial charge in [-0.2, -0.15) is 0 Å². The van der Waals surface area contributed by atoms with Crippen LogP contribution in [0.5, 0.6) is 0 Å². The number of rotatable bonds is 7. The Morgan fingerprint density at radius 1 is 0.500 bits per heavy atom. The fourth-order valence-corrected chi connectivity index (χ4v) is 6.01. The van der Waals surface area contributed by atoms with E-state index in [4.69, 9.17) is 0 Å². The zero-order valence-corrected chi connectivity index (χ0v) is 29.6. The Morgan fingerprint density at radius 2 is 0.979 bits per heavy atom. The normalized spacial score (nSPS) is 15.4. The van der Waals surface area contributed by atoms with Gasteiger partial charge < -0.3 is 9.97 Å². The quantitative estimate of drug-likeness (QED) is 0.195. The standard InChI is InChI=1S/C20H22N2O2.C18H18N2O2.C2H6/c1-11-8-9-16-17(10-11)22-18(21-16)7-5-6-15-14(4)19(23)12(2)13(3)20(15)24;1-10-11(2)18(22)13(12(3)17(10)21)8-9-16-19-14-6-4-5-7-15(14)20-16;1-2/h8-10H,5-7H2,1-4H3,(H,21,22);4-7H,8-9H2,1-3H3,(H,19,20);1-2H3. The zero-order valence-electron chi connectivity index (χ0n) is 29.6. The van der Waals surface area contributed by atoms with E-state index in [2.05, 4.69) is 32.9 Å². The smallest absolute Gasteiger partial charge is 0.185 e. The molecule has 0 saturated carbocycles. The van der Waals surface area contributed by atoms with Gasteiger partial charge in [0.2, 0.25) is 0 Å². The number of nitrogens with zero attached hydrogens (tertiary/aromatic N) is 2. The molecule has 48 heavy (non-hydrogen) atoms. The highest BCUT2D eigenvalue weighted by molar-refractivity contribution is 6.25. The van der Waals surface area contributed by atoms with Crippen molar-refractivity contribution in [3.63, 3.8) is 0 Å². The molecule has 2 aliphatic carbocycles. The fourth-order valence-electron chi connectivity index (χ4n) is 6.01. The molecule has 0 atom stereocenters. The van der Waals surface area contributed by atoms with Crippen LogP contribution in [0.4, 0.5) is 0 Å². The number of aromatic amines is 2. The molecule has 0 saturated heterocycles. The first-order chi connectivity index (χ1) is 22.9. The van der Waals surface area contributed by atoms with Crippen molar-refractivity contribution in [1.82, 2.24) is 19.9 Å². The number of nitrogens with one attached hydrogen (secondary N) is 2. The molecule has 2 N–H and O–H groups in total. The maximum Gasteiger partial charge on any atom is 0.185 e. The van der Waals surface area contributed by atoms with Crippen LogP contribution in [-0.4, -0.2) is 43.1 Å². The van der Waals surface area contributed by atoms with E-state index in [1.165, 1.54) is 5.56 Å². The molecule has 0 spiro atoms. The van der Waals surface area contributed by atoms with Crippen molar-refractivity contribution in [2.75, 3.05) is 0 Å². The molecule has 8 nitrogen and oxygen atoms in total. The molecule has 6 rings (SSSR count). The number of benzene rings is 2. The Labute approximate surface area is 282 Å². The summed E-state index contributed by atoms with van der Waals surface area (Å²) in [5.41, 5.74) is 9.85. The van der Waals surface area contributed by atoms with Crippen LogP contribution in [0.3, 0.4) is 0 Å². The first-order valence-electron chi connectivity index (χ1n) is 16.7. The van der Waals surface area contributed by atoms with Crippen molar-refractivity contribution in [2.45, 2.75) is 94.4 Å². The summed E-state index contributed by atoms with van der Waals surface area (Å²) < 4.78 is 0. The second-order valence-corrected chi connectivity index (χ2v) is 12.3. The van der Waals surface area contributed by atoms with Crippen LogP contribution in [0.2, 0.25) is 0 Å². The Hall–Kier alpha value is -4.98. The number of aromatic nitrogens is 4. The number of ketones is 4. The van der Waals surface area contributed by atoms with Gasteiger partial charge in [-0.3, -0.25) is 19.2 Å². The van der Waals surface area contributed by atoms with E-state index < -0.39 is 0 Å². The van der Waals surface area contributed by atoms with Crippen LogP contribution in [0, 0.1) is 6.92 Å². The average Bonchev–Trinajstić information content (AvgIpc) is 3.70. The Bertz CT molecular complexity index is 2030. The number of allylic oxidation sites excluding steroid dienone is 8. The van der Waals surface area contributed by atoms with Crippen molar-refractivity contribution in [2.24, 2.45) is 0 Å². The SMILES string of the molecule is CC.CC1=C(C)C(=O)C(CCCc2nc3ccc(C)cc3[nH]2)=C(C)C1=O.CC1=C(C)C(=O)C(CCc2nc3ccccc3[nH]2)=C(C)C1=O. The van der Waals surface area contributed by atoms with E-state index in [0.717, 1.165) is 46.6 Å². The van der Waals surface area contributed by atoms with Gasteiger partial charge in [0.05, 0.1) is 22.1 Å². The highest BCUT2D eigenvalue weighted by atomic mass is 16.1. The van der Waals surface area contributed by atoms with E-state index in [-0.39, 0.29) is 23.1 Å². The molecule has 4 aromatic rings. The van der Waals surface area contributed by atoms with Crippen LogP contribution in [-0.2, 0) is 32.0 Å². The Kier molecular flexibility index (Phi) is 11.4. The second-order valence-electron chi connectivity index (χ2n) is 12.3. The van der Waals surface area contributed by atoms with Gasteiger partial charge in [-0.05, 0) is 97.6 Å². The van der Waals surface area contributed by atoms with Gasteiger partial charge in [0, 0.05) is 57.4 Å². The molecule has 0 amide bonds. The molecule has 2 aromatic carbocycles. The summed E-state index contributed by atoms with van der Waals surface area (Å²) in [6.07, 6.45) is 3.30. The third-order valence-electron chi connectivity index (χ3n) is 9.20. The lowest BCUT2D eigenvalue weighted by atomic mass is 9.84. The van der Waals surface area contributed by atoms with Crippen molar-refractivity contribution < 1.29 is 19.2 Å². The minimum absolute atomic E-state index is 0.00122. The lowest BCUT2D eigenvalue weighted by molar-refractivity contribution is -0.116. The first kappa shape index (κ1) is 35.9. The largest absolute Gasteiger partial charge is 0.342 e. The maximum absolute atomic E-state index is 12.4. The number of carbonyl (C=O) groups is 4. The third-order valence-corrected chi connectivity index (χ3v) is 9.20. The summed E-state index contributed by atoms with van der Waals surface area (Å²) in [6, 6.07) is 14.0. The van der Waals surface area contributed by atoms with Gasteiger partial charge in [0.15, 0.2) is 23.1 Å². The van der Waals surface area contributed by atoms with Gasteiger partial charge in [-0.15, -0.1) is 0 Å².